The molecule has 3 amide bonds. The van der Waals surface area contributed by atoms with Crippen LogP contribution >= 0.6 is 0 Å². The first-order valence-electron chi connectivity index (χ1n) is 11.9. The van der Waals surface area contributed by atoms with Gasteiger partial charge in [-0.25, -0.2) is 9.59 Å². The van der Waals surface area contributed by atoms with Gasteiger partial charge in [-0.2, -0.15) is 0 Å². The normalized spacial score (nSPS) is 22.5. The van der Waals surface area contributed by atoms with E-state index in [2.05, 4.69) is 16.0 Å². The van der Waals surface area contributed by atoms with Crippen LogP contribution in [-0.4, -0.2) is 61.3 Å². The van der Waals surface area contributed by atoms with Crippen LogP contribution in [0.5, 0.6) is 5.75 Å². The fraction of sp³-hybridized carbons (Fsp3) is 0.538. The second-order valence-electron chi connectivity index (χ2n) is 9.88. The third kappa shape index (κ3) is 9.24. The van der Waals surface area contributed by atoms with E-state index in [9.17, 15) is 19.2 Å². The summed E-state index contributed by atoms with van der Waals surface area (Å²) in [5.74, 6) is -1.40. The van der Waals surface area contributed by atoms with Gasteiger partial charge in [-0.3, -0.25) is 9.59 Å². The van der Waals surface area contributed by atoms with E-state index in [0.717, 1.165) is 5.56 Å². The smallest absolute Gasteiger partial charge is 0.408 e. The highest BCUT2D eigenvalue weighted by Gasteiger charge is 2.32. The second-order valence-corrected chi connectivity index (χ2v) is 9.88. The molecule has 2 aliphatic heterocycles. The SMILES string of the molecule is COC(=O)[C@@H]1C/C=C/COc2ccc(cc2)C[C@H](NC(=O)OC(C)(C)C)C(=O)N[C@@H](C(C)C)C(=O)N1. The van der Waals surface area contributed by atoms with Gasteiger partial charge in [-0.05, 0) is 50.8 Å². The van der Waals surface area contributed by atoms with Gasteiger partial charge in [0.25, 0.3) is 0 Å². The molecule has 2 aliphatic rings. The lowest BCUT2D eigenvalue weighted by Gasteiger charge is -2.27. The number of benzene rings is 1. The molecule has 36 heavy (non-hydrogen) atoms. The fourth-order valence-electron chi connectivity index (χ4n) is 3.47. The van der Waals surface area contributed by atoms with E-state index in [0.29, 0.717) is 5.75 Å². The van der Waals surface area contributed by atoms with Crippen molar-refractivity contribution in [3.8, 4) is 5.75 Å². The number of fused-ring (bicyclic) bond motifs is 13. The number of ether oxygens (including phenoxy) is 3. The number of rotatable bonds is 3. The summed E-state index contributed by atoms with van der Waals surface area (Å²) < 4.78 is 15.8. The molecule has 3 N–H and O–H groups in total. The lowest BCUT2D eigenvalue weighted by Crippen LogP contribution is -2.58. The van der Waals surface area contributed by atoms with Crippen molar-refractivity contribution in [1.82, 2.24) is 16.0 Å². The highest BCUT2D eigenvalue weighted by Crippen LogP contribution is 2.15. The molecule has 1 aromatic rings. The van der Waals surface area contributed by atoms with E-state index in [-0.39, 0.29) is 25.4 Å². The van der Waals surface area contributed by atoms with E-state index >= 15 is 0 Å². The molecule has 0 unspecified atom stereocenters. The number of esters is 1. The van der Waals surface area contributed by atoms with Crippen LogP contribution in [0.2, 0.25) is 0 Å². The zero-order valence-electron chi connectivity index (χ0n) is 21.8. The maximum atomic E-state index is 13.3. The molecule has 3 atom stereocenters. The number of carbonyl (C=O) groups excluding carboxylic acids is 4. The summed E-state index contributed by atoms with van der Waals surface area (Å²) in [5, 5.41) is 8.01. The molecule has 3 rings (SSSR count). The Morgan fingerprint density at radius 3 is 2.31 bits per heavy atom. The van der Waals surface area contributed by atoms with Gasteiger partial charge in [0.15, 0.2) is 0 Å². The van der Waals surface area contributed by atoms with Crippen molar-refractivity contribution in [3.63, 3.8) is 0 Å². The Labute approximate surface area is 212 Å². The van der Waals surface area contributed by atoms with Crippen LogP contribution in [-0.2, 0) is 30.3 Å². The third-order valence-electron chi connectivity index (χ3n) is 5.30. The fourth-order valence-corrected chi connectivity index (χ4v) is 3.47. The standard InChI is InChI=1S/C26H37N3O7/c1-16(2)21-23(31)27-19(24(32)34-6)9-7-8-14-35-18-12-10-17(11-13-18)15-20(22(30)29-21)28-25(33)36-26(3,4)5/h7-8,10-13,16,19-21H,9,14-15H2,1-6H3,(H,27,31)(H,28,33)(H,29,30)/b8-7+/t19-,20-,21-/m0/s1. The number of alkyl carbamates (subject to hydrolysis) is 1. The second kappa shape index (κ2) is 12.9. The van der Waals surface area contributed by atoms with E-state index in [1.54, 1.807) is 71.0 Å². The van der Waals surface area contributed by atoms with E-state index in [4.69, 9.17) is 14.2 Å². The third-order valence-corrected chi connectivity index (χ3v) is 5.30. The van der Waals surface area contributed by atoms with Gasteiger partial charge in [0.05, 0.1) is 7.11 Å². The summed E-state index contributed by atoms with van der Waals surface area (Å²) in [6.07, 6.45) is 3.05. The summed E-state index contributed by atoms with van der Waals surface area (Å²) in [4.78, 5) is 51.2. The first-order valence-corrected chi connectivity index (χ1v) is 11.9. The largest absolute Gasteiger partial charge is 0.490 e. The van der Waals surface area contributed by atoms with E-state index in [1.807, 2.05) is 0 Å². The average molecular weight is 504 g/mol. The summed E-state index contributed by atoms with van der Waals surface area (Å²) in [6, 6.07) is 4.21. The van der Waals surface area contributed by atoms with Gasteiger partial charge in [0, 0.05) is 6.42 Å². The Hall–Kier alpha value is -3.56. The molecule has 10 nitrogen and oxygen atoms in total. The summed E-state index contributed by atoms with van der Waals surface area (Å²) in [7, 11) is 1.24. The maximum absolute atomic E-state index is 13.3. The van der Waals surface area contributed by atoms with E-state index < -0.39 is 47.6 Å². The van der Waals surface area contributed by atoms with Gasteiger partial charge in [0.1, 0.15) is 36.1 Å². The summed E-state index contributed by atoms with van der Waals surface area (Å²) in [5.41, 5.74) is 0.0166. The van der Waals surface area contributed by atoms with Gasteiger partial charge in [0.2, 0.25) is 11.8 Å². The van der Waals surface area contributed by atoms with Gasteiger partial charge >= 0.3 is 12.1 Å². The molecule has 0 spiro atoms. The van der Waals surface area contributed by atoms with Crippen molar-refractivity contribution in [2.45, 2.75) is 71.2 Å². The molecule has 10 heteroatoms. The lowest BCUT2D eigenvalue weighted by molar-refractivity contribution is -0.145. The Morgan fingerprint density at radius 1 is 1.06 bits per heavy atom. The molecule has 2 bridgehead atoms. The van der Waals surface area contributed by atoms with Crippen LogP contribution < -0.4 is 20.7 Å². The Morgan fingerprint density at radius 2 is 1.72 bits per heavy atom. The Balaban J connectivity index is 2.38. The van der Waals surface area contributed by atoms with Crippen LogP contribution in [0.3, 0.4) is 0 Å². The van der Waals surface area contributed by atoms with Crippen molar-refractivity contribution < 1.29 is 33.4 Å². The average Bonchev–Trinajstić information content (AvgIpc) is 2.79. The minimum Gasteiger partial charge on any atom is -0.490 e. The number of methoxy groups -OCH3 is 1. The minimum atomic E-state index is -1.02. The molecule has 0 radical (unpaired) electrons. The van der Waals surface area contributed by atoms with Gasteiger partial charge in [-0.15, -0.1) is 0 Å². The lowest BCUT2D eigenvalue weighted by atomic mass is 10.0. The molecule has 1 aromatic carbocycles. The van der Waals surface area contributed by atoms with Gasteiger partial charge < -0.3 is 30.2 Å². The zero-order valence-corrected chi connectivity index (χ0v) is 21.8. The Kier molecular flexibility index (Phi) is 10.3. The number of carbonyl (C=O) groups is 4. The number of hydrogen-bond acceptors (Lipinski definition) is 7. The number of nitrogens with one attached hydrogen (secondary N) is 3. The summed E-state index contributed by atoms with van der Waals surface area (Å²) in [6.45, 7) is 8.97. The van der Waals surface area contributed by atoms with Crippen LogP contribution in [0.1, 0.15) is 46.6 Å². The highest BCUT2D eigenvalue weighted by molar-refractivity contribution is 5.93. The first-order chi connectivity index (χ1) is 16.9. The predicted octanol–water partition coefficient (Wildman–Crippen LogP) is 2.26. The van der Waals surface area contributed by atoms with Crippen LogP contribution in [0, 0.1) is 5.92 Å². The van der Waals surface area contributed by atoms with E-state index in [1.165, 1.54) is 7.11 Å². The maximum Gasteiger partial charge on any atom is 0.408 e. The molecule has 0 aliphatic carbocycles. The van der Waals surface area contributed by atoms with Crippen molar-refractivity contribution in [2.24, 2.45) is 5.92 Å². The topological polar surface area (TPSA) is 132 Å². The zero-order chi connectivity index (χ0) is 26.9. The predicted molar refractivity (Wildman–Crippen MR) is 133 cm³/mol. The van der Waals surface area contributed by atoms with Crippen molar-refractivity contribution in [3.05, 3.63) is 42.0 Å². The number of amides is 3. The minimum absolute atomic E-state index is 0.155. The molecular formula is C26H37N3O7. The van der Waals surface area contributed by atoms with Gasteiger partial charge in [-0.1, -0.05) is 38.1 Å². The van der Waals surface area contributed by atoms with Crippen molar-refractivity contribution in [1.29, 1.82) is 0 Å². The molecule has 0 saturated carbocycles. The Bertz CT molecular complexity index is 951. The summed E-state index contributed by atoms with van der Waals surface area (Å²) >= 11 is 0. The molecule has 0 fully saturated rings. The van der Waals surface area contributed by atoms with Crippen LogP contribution in [0.25, 0.3) is 0 Å². The highest BCUT2D eigenvalue weighted by atomic mass is 16.6. The molecular weight excluding hydrogens is 466 g/mol. The molecule has 198 valence electrons. The quantitative estimate of drug-likeness (QED) is 0.426. The monoisotopic (exact) mass is 503 g/mol. The van der Waals surface area contributed by atoms with Crippen LogP contribution in [0.4, 0.5) is 4.79 Å². The van der Waals surface area contributed by atoms with Crippen molar-refractivity contribution >= 4 is 23.9 Å². The van der Waals surface area contributed by atoms with Crippen LogP contribution in [0.15, 0.2) is 36.4 Å². The van der Waals surface area contributed by atoms with Crippen molar-refractivity contribution in [2.75, 3.05) is 13.7 Å². The molecule has 2 heterocycles. The first kappa shape index (κ1) is 28.7. The molecule has 0 saturated heterocycles. The number of hydrogen-bond donors (Lipinski definition) is 3. The molecule has 0 aromatic heterocycles.